The summed E-state index contributed by atoms with van der Waals surface area (Å²) < 4.78 is 0. The van der Waals surface area contributed by atoms with Crippen LogP contribution in [-0.2, 0) is 0 Å². The molecule has 0 saturated heterocycles. The highest BCUT2D eigenvalue weighted by atomic mass is 35.5. The summed E-state index contributed by atoms with van der Waals surface area (Å²) in [5.41, 5.74) is -0.0382. The molecule has 0 saturated carbocycles. The fourth-order valence-electron chi connectivity index (χ4n) is 0.336. The number of alkyl halides is 2. The Kier molecular flexibility index (Phi) is 5.25. The van der Waals surface area contributed by atoms with Gasteiger partial charge in [-0.15, -0.1) is 23.2 Å². The highest BCUT2D eigenvalue weighted by Gasteiger charge is 1.98. The van der Waals surface area contributed by atoms with Crippen molar-refractivity contribution < 1.29 is 0 Å². The summed E-state index contributed by atoms with van der Waals surface area (Å²) >= 11 is 11.2. The zero-order chi connectivity index (χ0) is 7.28. The Morgan fingerprint density at radius 3 is 2.44 bits per heavy atom. The molecular formula is C6H11Cl2N. The van der Waals surface area contributed by atoms with Gasteiger partial charge < -0.3 is 0 Å². The molecule has 0 bridgehead atoms. The molecule has 0 aliphatic heterocycles. The Morgan fingerprint density at radius 1 is 1.56 bits per heavy atom. The first-order valence-electron chi connectivity index (χ1n) is 2.71. The van der Waals surface area contributed by atoms with Crippen molar-refractivity contribution in [3.63, 3.8) is 0 Å². The van der Waals surface area contributed by atoms with Gasteiger partial charge in [-0.1, -0.05) is 12.2 Å². The Morgan fingerprint density at radius 2 is 2.11 bits per heavy atom. The minimum absolute atomic E-state index is 0.0382. The van der Waals surface area contributed by atoms with Crippen LogP contribution in [0.1, 0.15) is 0 Å². The molecule has 0 fully saturated rings. The minimum Gasteiger partial charge on any atom is -0.290 e. The van der Waals surface area contributed by atoms with Crippen molar-refractivity contribution >= 4 is 23.2 Å². The van der Waals surface area contributed by atoms with Gasteiger partial charge in [0, 0.05) is 5.88 Å². The quantitative estimate of drug-likeness (QED) is 0.353. The molecule has 1 atom stereocenters. The molecule has 0 aromatic heterocycles. The smallest absolute Gasteiger partial charge is 0.103 e. The first-order chi connectivity index (χ1) is 4.18. The van der Waals surface area contributed by atoms with Gasteiger partial charge in [0.1, 0.15) is 5.50 Å². The maximum atomic E-state index is 5.77. The molecule has 0 aliphatic rings. The maximum absolute atomic E-state index is 5.77. The lowest BCUT2D eigenvalue weighted by molar-refractivity contribution is 0.421. The normalized spacial score (nSPS) is 15.2. The molecule has 0 rings (SSSR count). The number of halogens is 2. The van der Waals surface area contributed by atoms with E-state index in [-0.39, 0.29) is 5.50 Å². The predicted molar refractivity (Wildman–Crippen MR) is 43.2 cm³/mol. The first kappa shape index (κ1) is 9.28. The van der Waals surface area contributed by atoms with E-state index in [0.29, 0.717) is 5.88 Å². The first-order valence-corrected chi connectivity index (χ1v) is 3.68. The summed E-state index contributed by atoms with van der Waals surface area (Å²) in [5.74, 6) is 0.525. The van der Waals surface area contributed by atoms with E-state index in [2.05, 4.69) is 0 Å². The summed E-state index contributed by atoms with van der Waals surface area (Å²) in [7, 11) is 3.83. The number of hydrogen-bond donors (Lipinski definition) is 0. The second kappa shape index (κ2) is 5.10. The maximum Gasteiger partial charge on any atom is 0.103 e. The third kappa shape index (κ3) is 4.76. The van der Waals surface area contributed by atoms with Crippen molar-refractivity contribution in [2.75, 3.05) is 20.0 Å². The van der Waals surface area contributed by atoms with Crippen LogP contribution in [0.15, 0.2) is 12.2 Å². The largest absolute Gasteiger partial charge is 0.290 e. The van der Waals surface area contributed by atoms with E-state index in [9.17, 15) is 0 Å². The van der Waals surface area contributed by atoms with Gasteiger partial charge in [0.15, 0.2) is 0 Å². The van der Waals surface area contributed by atoms with Crippen LogP contribution in [0.3, 0.4) is 0 Å². The Labute approximate surface area is 66.2 Å². The fourth-order valence-corrected chi connectivity index (χ4v) is 0.542. The van der Waals surface area contributed by atoms with Crippen LogP contribution in [0.4, 0.5) is 0 Å². The van der Waals surface area contributed by atoms with Gasteiger partial charge in [0.05, 0.1) is 0 Å². The van der Waals surface area contributed by atoms with E-state index < -0.39 is 0 Å². The highest BCUT2D eigenvalue weighted by molar-refractivity contribution is 6.21. The summed E-state index contributed by atoms with van der Waals surface area (Å²) in [5, 5.41) is 0. The molecule has 3 heteroatoms. The number of likely N-dealkylation sites (N-methyl/N-ethyl adjacent to an activating group) is 1. The molecule has 0 radical (unpaired) electrons. The molecule has 0 amide bonds. The lowest BCUT2D eigenvalue weighted by Gasteiger charge is -2.12. The topological polar surface area (TPSA) is 3.24 Å². The van der Waals surface area contributed by atoms with Crippen molar-refractivity contribution in [2.24, 2.45) is 0 Å². The zero-order valence-electron chi connectivity index (χ0n) is 5.64. The number of hydrogen-bond acceptors (Lipinski definition) is 1. The van der Waals surface area contributed by atoms with Gasteiger partial charge in [0.25, 0.3) is 0 Å². The van der Waals surface area contributed by atoms with Crippen LogP contribution in [0.2, 0.25) is 0 Å². The molecule has 9 heavy (non-hydrogen) atoms. The van der Waals surface area contributed by atoms with Crippen LogP contribution in [0.25, 0.3) is 0 Å². The van der Waals surface area contributed by atoms with E-state index in [1.165, 1.54) is 0 Å². The fraction of sp³-hybridized carbons (Fsp3) is 0.667. The Bertz CT molecular complexity index is 91.1. The second-order valence-corrected chi connectivity index (χ2v) is 2.67. The third-order valence-electron chi connectivity index (χ3n) is 0.877. The van der Waals surface area contributed by atoms with Crippen LogP contribution in [-0.4, -0.2) is 30.4 Å². The molecule has 0 aromatic carbocycles. The van der Waals surface area contributed by atoms with Crippen molar-refractivity contribution in [2.45, 2.75) is 5.50 Å². The van der Waals surface area contributed by atoms with Gasteiger partial charge in [-0.25, -0.2) is 0 Å². The monoisotopic (exact) mass is 167 g/mol. The average Bonchev–Trinajstić information content (AvgIpc) is 1.82. The Balaban J connectivity index is 3.48. The standard InChI is InChI=1S/C6H11Cl2N/c1-9(2)6(8)4-3-5-7/h3-4,6H,5H2,1-2H3. The van der Waals surface area contributed by atoms with Crippen LogP contribution < -0.4 is 0 Å². The molecule has 54 valence electrons. The van der Waals surface area contributed by atoms with Crippen molar-refractivity contribution in [1.82, 2.24) is 4.90 Å². The van der Waals surface area contributed by atoms with Crippen molar-refractivity contribution in [1.29, 1.82) is 0 Å². The molecule has 0 aromatic rings. The van der Waals surface area contributed by atoms with Gasteiger partial charge in [-0.2, -0.15) is 0 Å². The molecule has 0 N–H and O–H groups in total. The lowest BCUT2D eigenvalue weighted by atomic mass is 10.5. The third-order valence-corrected chi connectivity index (χ3v) is 1.59. The Hall–Kier alpha value is 0.280. The van der Waals surface area contributed by atoms with E-state index >= 15 is 0 Å². The molecule has 1 unspecified atom stereocenters. The zero-order valence-corrected chi connectivity index (χ0v) is 7.15. The summed E-state index contributed by atoms with van der Waals surface area (Å²) in [6.45, 7) is 0. The van der Waals surface area contributed by atoms with Crippen molar-refractivity contribution in [3.8, 4) is 0 Å². The van der Waals surface area contributed by atoms with E-state index in [0.717, 1.165) is 0 Å². The summed E-state index contributed by atoms with van der Waals surface area (Å²) in [6, 6.07) is 0. The van der Waals surface area contributed by atoms with E-state index in [1.54, 1.807) is 0 Å². The number of rotatable bonds is 3. The molecule has 0 spiro atoms. The number of nitrogens with zero attached hydrogens (tertiary/aromatic N) is 1. The summed E-state index contributed by atoms with van der Waals surface area (Å²) in [4.78, 5) is 1.89. The molecular weight excluding hydrogens is 157 g/mol. The van der Waals surface area contributed by atoms with E-state index in [1.807, 2.05) is 31.1 Å². The average molecular weight is 168 g/mol. The molecule has 0 heterocycles. The summed E-state index contributed by atoms with van der Waals surface area (Å²) in [6.07, 6.45) is 3.69. The van der Waals surface area contributed by atoms with Gasteiger partial charge >= 0.3 is 0 Å². The lowest BCUT2D eigenvalue weighted by Crippen LogP contribution is -2.19. The van der Waals surface area contributed by atoms with Crippen LogP contribution >= 0.6 is 23.2 Å². The van der Waals surface area contributed by atoms with Crippen molar-refractivity contribution in [3.05, 3.63) is 12.2 Å². The van der Waals surface area contributed by atoms with Gasteiger partial charge in [-0.05, 0) is 14.1 Å². The second-order valence-electron chi connectivity index (χ2n) is 1.92. The van der Waals surface area contributed by atoms with E-state index in [4.69, 9.17) is 23.2 Å². The SMILES string of the molecule is CN(C)C(Cl)C=CCCl. The molecule has 1 nitrogen and oxygen atoms in total. The van der Waals surface area contributed by atoms with Crippen LogP contribution in [0.5, 0.6) is 0 Å². The van der Waals surface area contributed by atoms with Gasteiger partial charge in [0.2, 0.25) is 0 Å². The predicted octanol–water partition coefficient (Wildman–Crippen LogP) is 1.91. The molecule has 0 aliphatic carbocycles. The highest BCUT2D eigenvalue weighted by Crippen LogP contribution is 2.00. The number of allylic oxidation sites excluding steroid dienone is 1. The minimum atomic E-state index is -0.0382. The van der Waals surface area contributed by atoms with Crippen LogP contribution in [0, 0.1) is 0 Å². The van der Waals surface area contributed by atoms with Gasteiger partial charge in [-0.3, -0.25) is 4.90 Å².